The van der Waals surface area contributed by atoms with Crippen molar-refractivity contribution >= 4 is 93.7 Å². The highest BCUT2D eigenvalue weighted by Crippen LogP contribution is 2.54. The summed E-state index contributed by atoms with van der Waals surface area (Å²) in [6, 6.07) is 80.7. The number of fused-ring (bicyclic) bond motifs is 14. The lowest BCUT2D eigenvalue weighted by Gasteiger charge is -2.28. The number of furan rings is 3. The molecule has 15 rings (SSSR count). The van der Waals surface area contributed by atoms with Crippen molar-refractivity contribution in [3.8, 4) is 44.5 Å². The van der Waals surface area contributed by atoms with Gasteiger partial charge in [-0.25, -0.2) is 0 Å². The minimum absolute atomic E-state index is 0.218. The molecule has 0 saturated heterocycles. The summed E-state index contributed by atoms with van der Waals surface area (Å²) in [5.74, 6) is 0. The zero-order chi connectivity index (χ0) is 47.0. The van der Waals surface area contributed by atoms with E-state index in [1.165, 1.54) is 38.8 Å². The molecular formula is C67H43NO3. The second-order valence-electron chi connectivity index (χ2n) is 19.5. The lowest BCUT2D eigenvalue weighted by Crippen LogP contribution is -2.15. The third-order valence-corrected chi connectivity index (χ3v) is 15.3. The Morgan fingerprint density at radius 2 is 0.761 bits per heavy atom. The molecule has 0 saturated carbocycles. The minimum Gasteiger partial charge on any atom is -0.455 e. The van der Waals surface area contributed by atoms with Gasteiger partial charge in [-0.15, -0.1) is 0 Å². The van der Waals surface area contributed by atoms with Crippen LogP contribution in [0.3, 0.4) is 0 Å². The Bertz CT molecular complexity index is 4330. The maximum absolute atomic E-state index is 6.63. The molecule has 0 unspecified atom stereocenters. The van der Waals surface area contributed by atoms with Gasteiger partial charge in [-0.1, -0.05) is 184 Å². The van der Waals surface area contributed by atoms with E-state index >= 15 is 0 Å². The van der Waals surface area contributed by atoms with E-state index in [0.717, 1.165) is 111 Å². The third kappa shape index (κ3) is 5.85. The first-order chi connectivity index (χ1) is 35.0. The van der Waals surface area contributed by atoms with Crippen molar-refractivity contribution in [3.05, 3.63) is 236 Å². The number of hydrogen-bond donors (Lipinski definition) is 0. The zero-order valence-corrected chi connectivity index (χ0v) is 39.0. The molecule has 71 heavy (non-hydrogen) atoms. The van der Waals surface area contributed by atoms with Crippen molar-refractivity contribution in [1.29, 1.82) is 0 Å². The molecule has 11 aromatic carbocycles. The molecule has 0 aliphatic heterocycles. The van der Waals surface area contributed by atoms with Gasteiger partial charge in [0.05, 0.1) is 5.69 Å². The summed E-state index contributed by atoms with van der Waals surface area (Å²) < 4.78 is 19.6. The number of para-hydroxylation sites is 5. The van der Waals surface area contributed by atoms with E-state index in [4.69, 9.17) is 13.3 Å². The van der Waals surface area contributed by atoms with Gasteiger partial charge in [-0.2, -0.15) is 0 Å². The quantitative estimate of drug-likeness (QED) is 0.167. The first-order valence-corrected chi connectivity index (χ1v) is 24.4. The zero-order valence-electron chi connectivity index (χ0n) is 39.0. The Balaban J connectivity index is 0.870. The first kappa shape index (κ1) is 39.8. The van der Waals surface area contributed by atoms with Gasteiger partial charge >= 0.3 is 0 Å². The summed E-state index contributed by atoms with van der Waals surface area (Å²) in [4.78, 5) is 2.39. The summed E-state index contributed by atoms with van der Waals surface area (Å²) in [6.07, 6.45) is 0. The van der Waals surface area contributed by atoms with Crippen LogP contribution in [-0.4, -0.2) is 0 Å². The molecule has 0 amide bonds. The molecule has 3 heterocycles. The van der Waals surface area contributed by atoms with Crippen LogP contribution in [0.15, 0.2) is 238 Å². The standard InChI is InChI=1S/C67H43NO3/c1-67(2)57-37-35-55-52-17-7-10-24-62(52)71-66(55)63(57)56-34-29-42(39-58(56)67)45-36-38-59(49-14-4-3-13-48(45)49)68(43-30-25-40(26-31-43)46-18-11-20-53-50-15-5-8-22-60(50)69-64(46)53)44-32-27-41(28-33-44)47-19-12-21-54-51-16-6-9-23-61(51)70-65(47)54/h3-39H,1-2H3. The van der Waals surface area contributed by atoms with Gasteiger partial charge in [-0.3, -0.25) is 0 Å². The smallest absolute Gasteiger partial charge is 0.143 e. The average Bonchev–Trinajstić information content (AvgIpc) is 4.17. The molecule has 0 radical (unpaired) electrons. The van der Waals surface area contributed by atoms with Gasteiger partial charge in [0.1, 0.15) is 33.5 Å². The van der Waals surface area contributed by atoms with E-state index in [-0.39, 0.29) is 5.41 Å². The van der Waals surface area contributed by atoms with Crippen LogP contribution in [0.1, 0.15) is 25.0 Å². The Hall–Kier alpha value is -9.12. The highest BCUT2D eigenvalue weighted by atomic mass is 16.3. The second kappa shape index (κ2) is 14.9. The molecule has 0 N–H and O–H groups in total. The van der Waals surface area contributed by atoms with E-state index < -0.39 is 0 Å². The fourth-order valence-electron chi connectivity index (χ4n) is 11.9. The predicted octanol–water partition coefficient (Wildman–Crippen LogP) is 19.3. The Morgan fingerprint density at radius 1 is 0.310 bits per heavy atom. The predicted molar refractivity (Wildman–Crippen MR) is 294 cm³/mol. The van der Waals surface area contributed by atoms with E-state index in [9.17, 15) is 0 Å². The molecule has 14 aromatic rings. The fourth-order valence-corrected chi connectivity index (χ4v) is 11.9. The Labute approximate surface area is 409 Å². The highest BCUT2D eigenvalue weighted by Gasteiger charge is 2.38. The lowest BCUT2D eigenvalue weighted by atomic mass is 9.81. The van der Waals surface area contributed by atoms with Gasteiger partial charge < -0.3 is 18.2 Å². The summed E-state index contributed by atoms with van der Waals surface area (Å²) in [5.41, 5.74) is 20.2. The van der Waals surface area contributed by atoms with E-state index in [2.05, 4.69) is 213 Å². The largest absolute Gasteiger partial charge is 0.455 e. The summed E-state index contributed by atoms with van der Waals surface area (Å²) in [5, 5.41) is 9.15. The maximum Gasteiger partial charge on any atom is 0.143 e. The SMILES string of the molecule is CC1(C)c2cc(-c3ccc(N(c4ccc(-c5cccc6c5oc5ccccc56)cc4)c4ccc(-c5cccc6c5oc5ccccc56)cc4)c4ccccc34)ccc2-c2c1ccc1c2oc2ccccc21. The summed E-state index contributed by atoms with van der Waals surface area (Å²) in [6.45, 7) is 4.69. The van der Waals surface area contributed by atoms with Crippen LogP contribution < -0.4 is 4.90 Å². The van der Waals surface area contributed by atoms with Gasteiger partial charge in [0, 0.05) is 71.2 Å². The summed E-state index contributed by atoms with van der Waals surface area (Å²) >= 11 is 0. The van der Waals surface area contributed by atoms with Crippen molar-refractivity contribution in [2.45, 2.75) is 19.3 Å². The van der Waals surface area contributed by atoms with Crippen molar-refractivity contribution < 1.29 is 13.3 Å². The van der Waals surface area contributed by atoms with Crippen molar-refractivity contribution in [2.24, 2.45) is 0 Å². The van der Waals surface area contributed by atoms with E-state index in [1.807, 2.05) is 30.3 Å². The van der Waals surface area contributed by atoms with Gasteiger partial charge in [0.2, 0.25) is 0 Å². The number of rotatable bonds is 6. The second-order valence-corrected chi connectivity index (χ2v) is 19.5. The topological polar surface area (TPSA) is 42.7 Å². The van der Waals surface area contributed by atoms with Crippen molar-refractivity contribution in [3.63, 3.8) is 0 Å². The molecule has 1 aliphatic carbocycles. The molecule has 0 fully saturated rings. The van der Waals surface area contributed by atoms with Gasteiger partial charge in [-0.05, 0) is 98.9 Å². The summed E-state index contributed by atoms with van der Waals surface area (Å²) in [7, 11) is 0. The molecule has 0 bridgehead atoms. The Kier molecular flexibility index (Phi) is 8.38. The maximum atomic E-state index is 6.63. The number of anilines is 3. The van der Waals surface area contributed by atoms with Crippen LogP contribution >= 0.6 is 0 Å². The van der Waals surface area contributed by atoms with E-state index in [1.54, 1.807) is 0 Å². The Morgan fingerprint density at radius 3 is 1.32 bits per heavy atom. The van der Waals surface area contributed by atoms with Crippen LogP contribution in [-0.2, 0) is 5.41 Å². The van der Waals surface area contributed by atoms with Crippen LogP contribution in [0.4, 0.5) is 17.1 Å². The van der Waals surface area contributed by atoms with Crippen molar-refractivity contribution in [2.75, 3.05) is 4.90 Å². The highest BCUT2D eigenvalue weighted by molar-refractivity contribution is 6.14. The monoisotopic (exact) mass is 909 g/mol. The lowest BCUT2D eigenvalue weighted by molar-refractivity contribution is 0.653. The van der Waals surface area contributed by atoms with E-state index in [0.29, 0.717) is 0 Å². The molecule has 3 aromatic heterocycles. The van der Waals surface area contributed by atoms with Crippen molar-refractivity contribution in [1.82, 2.24) is 0 Å². The molecule has 334 valence electrons. The molecular weight excluding hydrogens is 867 g/mol. The first-order valence-electron chi connectivity index (χ1n) is 24.4. The molecule has 0 atom stereocenters. The number of nitrogens with zero attached hydrogens (tertiary/aromatic N) is 1. The third-order valence-electron chi connectivity index (χ3n) is 15.3. The fraction of sp³-hybridized carbons (Fsp3) is 0.0448. The molecule has 1 aliphatic rings. The van der Waals surface area contributed by atoms with Crippen LogP contribution in [0, 0.1) is 0 Å². The van der Waals surface area contributed by atoms with Gasteiger partial charge in [0.25, 0.3) is 0 Å². The normalized spacial score (nSPS) is 13.0. The van der Waals surface area contributed by atoms with Crippen LogP contribution in [0.2, 0.25) is 0 Å². The number of benzene rings is 11. The van der Waals surface area contributed by atoms with Gasteiger partial charge in [0.15, 0.2) is 0 Å². The number of hydrogen-bond acceptors (Lipinski definition) is 4. The average molecular weight is 910 g/mol. The molecule has 4 nitrogen and oxygen atoms in total. The van der Waals surface area contributed by atoms with Crippen LogP contribution in [0.25, 0.3) is 121 Å². The molecule has 4 heteroatoms. The van der Waals surface area contributed by atoms with Crippen LogP contribution in [0.5, 0.6) is 0 Å². The molecule has 0 spiro atoms. The minimum atomic E-state index is -0.218.